The number of halogens is 1. The normalized spacial score (nSPS) is 11.0. The van der Waals surface area contributed by atoms with Gasteiger partial charge in [0.05, 0.1) is 12.2 Å². The van der Waals surface area contributed by atoms with Crippen molar-refractivity contribution in [3.63, 3.8) is 0 Å². The lowest BCUT2D eigenvalue weighted by atomic mass is 10.2. The van der Waals surface area contributed by atoms with Crippen LogP contribution >= 0.6 is 11.8 Å². The quantitative estimate of drug-likeness (QED) is 0.917. The third-order valence-corrected chi connectivity index (χ3v) is 4.38. The van der Waals surface area contributed by atoms with Gasteiger partial charge in [-0.05, 0) is 24.1 Å². The molecule has 1 N–H and O–H groups in total. The minimum Gasteiger partial charge on any atom is -0.349 e. The molecule has 2 aromatic rings. The second-order valence-electron chi connectivity index (χ2n) is 5.40. The number of imidazole rings is 1. The number of amides is 1. The van der Waals surface area contributed by atoms with Crippen LogP contribution in [0.5, 0.6) is 0 Å². The van der Waals surface area contributed by atoms with Crippen molar-refractivity contribution < 1.29 is 9.18 Å². The summed E-state index contributed by atoms with van der Waals surface area (Å²) in [5.74, 6) is 0.691. The van der Waals surface area contributed by atoms with Crippen LogP contribution in [0.3, 0.4) is 0 Å². The molecule has 1 aromatic heterocycles. The van der Waals surface area contributed by atoms with Crippen molar-refractivity contribution in [3.8, 4) is 0 Å². The van der Waals surface area contributed by atoms with Crippen molar-refractivity contribution in [2.24, 2.45) is 7.05 Å². The zero-order valence-electron chi connectivity index (χ0n) is 13.2. The zero-order valence-corrected chi connectivity index (χ0v) is 14.0. The maximum atomic E-state index is 13.4. The van der Waals surface area contributed by atoms with Gasteiger partial charge < -0.3 is 9.88 Å². The molecular formula is C16H20FN3OS. The summed E-state index contributed by atoms with van der Waals surface area (Å²) >= 11 is 1.49. The fourth-order valence-corrected chi connectivity index (χ4v) is 3.22. The summed E-state index contributed by atoms with van der Waals surface area (Å²) in [7, 11) is 1.91. The van der Waals surface area contributed by atoms with Gasteiger partial charge in [0.15, 0.2) is 0 Å². The lowest BCUT2D eigenvalue weighted by molar-refractivity contribution is -0.119. The van der Waals surface area contributed by atoms with Crippen molar-refractivity contribution in [3.05, 3.63) is 41.6 Å². The van der Waals surface area contributed by atoms with Crippen LogP contribution in [0, 0.1) is 5.82 Å². The summed E-state index contributed by atoms with van der Waals surface area (Å²) < 4.78 is 15.3. The predicted molar refractivity (Wildman–Crippen MR) is 85.3 cm³/mol. The van der Waals surface area contributed by atoms with Crippen molar-refractivity contribution in [1.29, 1.82) is 0 Å². The molecular weight excluding hydrogens is 301 g/mol. The lowest BCUT2D eigenvalue weighted by Crippen LogP contribution is -2.21. The third-order valence-electron chi connectivity index (χ3n) is 3.21. The van der Waals surface area contributed by atoms with Crippen LogP contribution in [0.1, 0.15) is 38.2 Å². The van der Waals surface area contributed by atoms with E-state index >= 15 is 0 Å². The fraction of sp³-hybridized carbons (Fsp3) is 0.375. The highest BCUT2D eigenvalue weighted by Crippen LogP contribution is 2.34. The SMILES string of the molecule is CC(=O)NCc1nc(C(C)C)c(Sc2cccc(F)c2)n1C. The zero-order chi connectivity index (χ0) is 16.3. The highest BCUT2D eigenvalue weighted by Gasteiger charge is 2.18. The average molecular weight is 321 g/mol. The Morgan fingerprint density at radius 1 is 1.45 bits per heavy atom. The third kappa shape index (κ3) is 3.88. The summed E-state index contributed by atoms with van der Waals surface area (Å²) in [5.41, 5.74) is 0.956. The van der Waals surface area contributed by atoms with Crippen molar-refractivity contribution in [2.45, 2.75) is 43.2 Å². The van der Waals surface area contributed by atoms with Crippen LogP contribution in [0.25, 0.3) is 0 Å². The molecule has 4 nitrogen and oxygen atoms in total. The fourth-order valence-electron chi connectivity index (χ4n) is 2.05. The monoisotopic (exact) mass is 321 g/mol. The summed E-state index contributed by atoms with van der Waals surface area (Å²) in [6, 6.07) is 6.51. The number of carbonyl (C=O) groups excluding carboxylic acids is 1. The minimum absolute atomic E-state index is 0.0894. The first-order chi connectivity index (χ1) is 10.4. The van der Waals surface area contributed by atoms with Crippen LogP contribution in [0.2, 0.25) is 0 Å². The second-order valence-corrected chi connectivity index (χ2v) is 6.46. The van der Waals surface area contributed by atoms with Crippen LogP contribution < -0.4 is 5.32 Å². The Morgan fingerprint density at radius 3 is 2.77 bits per heavy atom. The van der Waals surface area contributed by atoms with E-state index in [1.165, 1.54) is 30.8 Å². The molecule has 0 spiro atoms. The molecule has 0 bridgehead atoms. The van der Waals surface area contributed by atoms with E-state index in [0.717, 1.165) is 21.4 Å². The molecule has 0 aliphatic rings. The molecule has 0 unspecified atom stereocenters. The first-order valence-corrected chi connectivity index (χ1v) is 7.93. The molecule has 0 aliphatic carbocycles. The van der Waals surface area contributed by atoms with Crippen LogP contribution in [-0.4, -0.2) is 15.5 Å². The molecule has 0 fully saturated rings. The average Bonchev–Trinajstić information content (AvgIpc) is 2.74. The van der Waals surface area contributed by atoms with Gasteiger partial charge in [-0.1, -0.05) is 31.7 Å². The molecule has 118 valence electrons. The maximum absolute atomic E-state index is 13.4. The summed E-state index contributed by atoms with van der Waals surface area (Å²) in [4.78, 5) is 16.6. The Labute approximate surface area is 134 Å². The van der Waals surface area contributed by atoms with E-state index in [-0.39, 0.29) is 17.6 Å². The Morgan fingerprint density at radius 2 is 2.18 bits per heavy atom. The first kappa shape index (κ1) is 16.5. The molecule has 0 aliphatic heterocycles. The molecule has 0 atom stereocenters. The molecule has 0 radical (unpaired) electrons. The van der Waals surface area contributed by atoms with Gasteiger partial charge in [0, 0.05) is 18.9 Å². The number of nitrogens with zero attached hydrogens (tertiary/aromatic N) is 2. The predicted octanol–water partition coefficient (Wildman–Crippen LogP) is 3.47. The van der Waals surface area contributed by atoms with Crippen molar-refractivity contribution >= 4 is 17.7 Å². The Bertz CT molecular complexity index is 682. The minimum atomic E-state index is -0.253. The van der Waals surface area contributed by atoms with Gasteiger partial charge in [-0.3, -0.25) is 4.79 Å². The molecule has 2 rings (SSSR count). The van der Waals surface area contributed by atoms with E-state index in [1.807, 2.05) is 17.7 Å². The van der Waals surface area contributed by atoms with Gasteiger partial charge >= 0.3 is 0 Å². The number of hydrogen-bond donors (Lipinski definition) is 1. The van der Waals surface area contributed by atoms with E-state index in [1.54, 1.807) is 6.07 Å². The van der Waals surface area contributed by atoms with Crippen molar-refractivity contribution in [1.82, 2.24) is 14.9 Å². The van der Waals surface area contributed by atoms with E-state index < -0.39 is 0 Å². The largest absolute Gasteiger partial charge is 0.349 e. The smallest absolute Gasteiger partial charge is 0.217 e. The number of benzene rings is 1. The molecule has 0 saturated carbocycles. The van der Waals surface area contributed by atoms with Gasteiger partial charge in [-0.25, -0.2) is 9.37 Å². The summed E-state index contributed by atoms with van der Waals surface area (Å²) in [5, 5.41) is 3.74. The maximum Gasteiger partial charge on any atom is 0.217 e. The van der Waals surface area contributed by atoms with Gasteiger partial charge in [-0.15, -0.1) is 0 Å². The molecule has 22 heavy (non-hydrogen) atoms. The Balaban J connectivity index is 2.34. The van der Waals surface area contributed by atoms with Gasteiger partial charge in [0.1, 0.15) is 16.7 Å². The number of hydrogen-bond acceptors (Lipinski definition) is 3. The second kappa shape index (κ2) is 6.96. The van der Waals surface area contributed by atoms with Crippen molar-refractivity contribution in [2.75, 3.05) is 0 Å². The number of nitrogens with one attached hydrogen (secondary N) is 1. The van der Waals surface area contributed by atoms with Gasteiger partial charge in [-0.2, -0.15) is 0 Å². The summed E-state index contributed by atoms with van der Waals surface area (Å²) in [6.07, 6.45) is 0. The highest BCUT2D eigenvalue weighted by molar-refractivity contribution is 7.99. The molecule has 0 saturated heterocycles. The van der Waals surface area contributed by atoms with Gasteiger partial charge in [0.2, 0.25) is 5.91 Å². The first-order valence-electron chi connectivity index (χ1n) is 7.11. The van der Waals surface area contributed by atoms with Crippen LogP contribution in [-0.2, 0) is 18.4 Å². The Hall–Kier alpha value is -1.82. The molecule has 1 aromatic carbocycles. The van der Waals surface area contributed by atoms with E-state index in [2.05, 4.69) is 24.1 Å². The summed E-state index contributed by atoms with van der Waals surface area (Å²) in [6.45, 7) is 6.00. The standard InChI is InChI=1S/C16H20FN3OS/c1-10(2)15-16(22-13-7-5-6-12(17)8-13)20(4)14(19-15)9-18-11(3)21/h5-8,10H,9H2,1-4H3,(H,18,21). The number of carbonyl (C=O) groups is 1. The highest BCUT2D eigenvalue weighted by atomic mass is 32.2. The molecule has 1 heterocycles. The van der Waals surface area contributed by atoms with E-state index in [9.17, 15) is 9.18 Å². The number of aromatic nitrogens is 2. The van der Waals surface area contributed by atoms with E-state index in [0.29, 0.717) is 6.54 Å². The Kier molecular flexibility index (Phi) is 5.24. The lowest BCUT2D eigenvalue weighted by Gasteiger charge is -2.09. The van der Waals surface area contributed by atoms with E-state index in [4.69, 9.17) is 0 Å². The van der Waals surface area contributed by atoms with Gasteiger partial charge in [0.25, 0.3) is 0 Å². The molecule has 1 amide bonds. The molecule has 6 heteroatoms. The van der Waals surface area contributed by atoms with Crippen LogP contribution in [0.4, 0.5) is 4.39 Å². The number of rotatable bonds is 5. The van der Waals surface area contributed by atoms with Crippen LogP contribution in [0.15, 0.2) is 34.2 Å². The topological polar surface area (TPSA) is 46.9 Å².